The zero-order chi connectivity index (χ0) is 34.6. The summed E-state index contributed by atoms with van der Waals surface area (Å²) in [6.45, 7) is 14.4. The highest BCUT2D eigenvalue weighted by atomic mass is 31.2. The maximum Gasteiger partial charge on any atom is 0.406 e. The summed E-state index contributed by atoms with van der Waals surface area (Å²) in [6, 6.07) is -1.09. The van der Waals surface area contributed by atoms with Gasteiger partial charge in [0.1, 0.15) is 35.3 Å². The Morgan fingerprint density at radius 1 is 1.20 bits per heavy atom. The van der Waals surface area contributed by atoms with Crippen LogP contribution in [-0.4, -0.2) is 97.6 Å². The van der Waals surface area contributed by atoms with Crippen molar-refractivity contribution in [2.24, 2.45) is 5.92 Å². The molecule has 46 heavy (non-hydrogen) atoms. The van der Waals surface area contributed by atoms with Gasteiger partial charge in [-0.05, 0) is 60.8 Å². The normalized spacial score (nSPS) is 23.9. The topological polar surface area (TPSA) is 203 Å². The number of rotatable bonds is 15. The van der Waals surface area contributed by atoms with Gasteiger partial charge < -0.3 is 29.2 Å². The average molecular weight is 674 g/mol. The lowest BCUT2D eigenvalue weighted by molar-refractivity contribution is -0.155. The fraction of sp³-hybridized carbons (Fsp3) is 0.759. The predicted octanol–water partition coefficient (Wildman–Crippen LogP) is 2.98. The van der Waals surface area contributed by atoms with Gasteiger partial charge in [-0.2, -0.15) is 4.98 Å². The fourth-order valence-corrected chi connectivity index (χ4v) is 6.28. The van der Waals surface area contributed by atoms with Crippen molar-refractivity contribution in [2.75, 3.05) is 20.3 Å². The van der Waals surface area contributed by atoms with E-state index in [9.17, 15) is 24.4 Å². The van der Waals surface area contributed by atoms with E-state index in [0.717, 1.165) is 0 Å². The highest BCUT2D eigenvalue weighted by Gasteiger charge is 2.54. The Hall–Kier alpha value is -2.72. The number of aliphatic hydroxyl groups is 2. The van der Waals surface area contributed by atoms with Gasteiger partial charge in [-0.1, -0.05) is 13.8 Å². The molecule has 1 saturated heterocycles. The van der Waals surface area contributed by atoms with E-state index in [1.807, 2.05) is 13.8 Å². The van der Waals surface area contributed by atoms with Crippen molar-refractivity contribution in [2.45, 2.75) is 117 Å². The summed E-state index contributed by atoms with van der Waals surface area (Å²) in [5.41, 5.74) is -2.01. The van der Waals surface area contributed by atoms with Crippen molar-refractivity contribution in [3.8, 4) is 5.88 Å². The van der Waals surface area contributed by atoms with E-state index in [1.165, 1.54) is 24.9 Å². The molecule has 1 fully saturated rings. The van der Waals surface area contributed by atoms with Crippen LogP contribution in [0.1, 0.15) is 80.3 Å². The molecular weight excluding hydrogens is 625 g/mol. The van der Waals surface area contributed by atoms with Crippen LogP contribution in [0, 0.1) is 12.8 Å². The van der Waals surface area contributed by atoms with Crippen LogP contribution >= 0.6 is 7.75 Å². The number of carbonyl (C=O) groups is 2. The number of imidazole rings is 1. The molecule has 0 bridgehead atoms. The van der Waals surface area contributed by atoms with Gasteiger partial charge in [-0.3, -0.25) is 23.2 Å². The molecule has 3 rings (SSSR count). The molecule has 3 N–H and O–H groups in total. The Morgan fingerprint density at radius 3 is 2.46 bits per heavy atom. The van der Waals surface area contributed by atoms with Crippen molar-refractivity contribution < 1.29 is 52.4 Å². The quantitative estimate of drug-likeness (QED) is 0.184. The first-order valence-electron chi connectivity index (χ1n) is 15.2. The summed E-state index contributed by atoms with van der Waals surface area (Å²) in [6.07, 6.45) is -3.05. The van der Waals surface area contributed by atoms with Gasteiger partial charge in [0.15, 0.2) is 17.4 Å². The molecule has 0 radical (unpaired) electrons. The minimum Gasteiger partial charge on any atom is -0.479 e. The molecule has 0 aliphatic carbocycles. The molecule has 17 heteroatoms. The third-order valence-electron chi connectivity index (χ3n) is 6.76. The number of ether oxygens (including phenoxy) is 4. The molecule has 2 aromatic rings. The fourth-order valence-electron chi connectivity index (χ4n) is 4.79. The first kappa shape index (κ1) is 37.7. The predicted molar refractivity (Wildman–Crippen MR) is 165 cm³/mol. The van der Waals surface area contributed by atoms with Crippen LogP contribution in [0.5, 0.6) is 5.88 Å². The molecule has 2 aromatic heterocycles. The third-order valence-corrected chi connectivity index (χ3v) is 8.39. The van der Waals surface area contributed by atoms with Gasteiger partial charge in [0.25, 0.3) is 0 Å². The smallest absolute Gasteiger partial charge is 0.406 e. The minimum absolute atomic E-state index is 0.0145. The van der Waals surface area contributed by atoms with E-state index in [2.05, 4.69) is 20.0 Å². The average Bonchev–Trinajstić information content (AvgIpc) is 3.42. The van der Waals surface area contributed by atoms with E-state index in [4.69, 9.17) is 28.0 Å². The highest BCUT2D eigenvalue weighted by Crippen LogP contribution is 2.47. The van der Waals surface area contributed by atoms with Gasteiger partial charge in [0.2, 0.25) is 5.88 Å². The largest absolute Gasteiger partial charge is 0.479 e. The number of nitrogens with one attached hydrogen (secondary N) is 1. The van der Waals surface area contributed by atoms with E-state index < -0.39 is 68.1 Å². The lowest BCUT2D eigenvalue weighted by Crippen LogP contribution is -2.44. The SMILES string of the molecule is COc1nc(C)nc2c1ncn2[C@@H]1O[C@H](COP(=O)(N[C@@H](CC(C)C)C(=O)OC(C)C)OCCC(=O)OC(C)(C)C)C(O)[C@]1(C)O. The standard InChI is InChI=1S/C29H48N5O11P/c1-16(2)13-19(26(37)43-17(3)4)33-46(39,41-12-11-21(35)45-28(6,7)8)42-14-20-23(36)29(9,38)27(44-20)34-15-30-22-24(34)31-18(5)32-25(22)40-10/h15-17,19-20,23,27,36,38H,11-14H2,1-10H3,(H,33,39)/t19-,20+,23?,27+,29-,46?/m0/s1. The molecule has 3 heterocycles. The van der Waals surface area contributed by atoms with Crippen LogP contribution in [0.3, 0.4) is 0 Å². The van der Waals surface area contributed by atoms with Gasteiger partial charge in [0.05, 0.1) is 39.2 Å². The van der Waals surface area contributed by atoms with Crippen molar-refractivity contribution >= 4 is 30.8 Å². The molecule has 1 aliphatic rings. The summed E-state index contributed by atoms with van der Waals surface area (Å²) in [7, 11) is -2.94. The molecule has 16 nitrogen and oxygen atoms in total. The van der Waals surface area contributed by atoms with Crippen LogP contribution in [0.4, 0.5) is 0 Å². The van der Waals surface area contributed by atoms with Crippen molar-refractivity contribution in [1.82, 2.24) is 24.6 Å². The molecule has 260 valence electrons. The van der Waals surface area contributed by atoms with Gasteiger partial charge >= 0.3 is 19.7 Å². The van der Waals surface area contributed by atoms with E-state index in [-0.39, 0.29) is 31.2 Å². The number of fused-ring (bicyclic) bond motifs is 1. The molecule has 0 spiro atoms. The molecular formula is C29H48N5O11P. The van der Waals surface area contributed by atoms with Crippen LogP contribution in [-0.2, 0) is 37.4 Å². The van der Waals surface area contributed by atoms with Crippen molar-refractivity contribution in [3.63, 3.8) is 0 Å². The first-order chi connectivity index (χ1) is 21.3. The van der Waals surface area contributed by atoms with Crippen molar-refractivity contribution in [3.05, 3.63) is 12.2 Å². The van der Waals surface area contributed by atoms with Crippen molar-refractivity contribution in [1.29, 1.82) is 0 Å². The van der Waals surface area contributed by atoms with Crippen LogP contribution in [0.25, 0.3) is 11.2 Å². The number of nitrogens with zero attached hydrogens (tertiary/aromatic N) is 4. The molecule has 1 aliphatic heterocycles. The second-order valence-electron chi connectivity index (χ2n) is 13.1. The van der Waals surface area contributed by atoms with E-state index >= 15 is 0 Å². The summed E-state index contributed by atoms with van der Waals surface area (Å²) >= 11 is 0. The van der Waals surface area contributed by atoms with Gasteiger partial charge in [-0.15, -0.1) is 0 Å². The zero-order valence-electron chi connectivity index (χ0n) is 28.2. The number of esters is 2. The first-order valence-corrected chi connectivity index (χ1v) is 16.7. The second kappa shape index (κ2) is 15.0. The Kier molecular flexibility index (Phi) is 12.3. The summed E-state index contributed by atoms with van der Waals surface area (Å²) in [5.74, 6) is -0.662. The lowest BCUT2D eigenvalue weighted by atomic mass is 9.96. The maximum absolute atomic E-state index is 14.1. The lowest BCUT2D eigenvalue weighted by Gasteiger charge is -2.28. The Labute approximate surface area is 269 Å². The number of methoxy groups -OCH3 is 1. The van der Waals surface area contributed by atoms with E-state index in [0.29, 0.717) is 17.0 Å². The monoisotopic (exact) mass is 673 g/mol. The van der Waals surface area contributed by atoms with Crippen LogP contribution in [0.15, 0.2) is 6.33 Å². The summed E-state index contributed by atoms with van der Waals surface area (Å²) < 4.78 is 48.9. The van der Waals surface area contributed by atoms with Gasteiger partial charge in [0, 0.05) is 0 Å². The van der Waals surface area contributed by atoms with Crippen LogP contribution in [0.2, 0.25) is 0 Å². The molecule has 2 unspecified atom stereocenters. The van der Waals surface area contributed by atoms with E-state index in [1.54, 1.807) is 41.5 Å². The second-order valence-corrected chi connectivity index (χ2v) is 14.8. The number of hydrogen-bond acceptors (Lipinski definition) is 14. The zero-order valence-corrected chi connectivity index (χ0v) is 29.1. The minimum atomic E-state index is -4.38. The Bertz CT molecular complexity index is 1410. The molecule has 0 saturated carbocycles. The molecule has 0 amide bonds. The Morgan fingerprint density at radius 2 is 1.87 bits per heavy atom. The number of aryl methyl sites for hydroxylation is 1. The number of hydrogen-bond donors (Lipinski definition) is 3. The van der Waals surface area contributed by atoms with Gasteiger partial charge in [-0.25, -0.2) is 19.6 Å². The maximum atomic E-state index is 14.1. The molecule has 0 aromatic carbocycles. The summed E-state index contributed by atoms with van der Waals surface area (Å²) in [4.78, 5) is 38.1. The summed E-state index contributed by atoms with van der Waals surface area (Å²) in [5, 5.41) is 25.2. The Balaban J connectivity index is 1.85. The number of aliphatic hydroxyl groups excluding tert-OH is 1. The number of aromatic nitrogens is 4. The molecule has 6 atom stereocenters. The third kappa shape index (κ3) is 9.66. The van der Waals surface area contributed by atoms with Crippen LogP contribution < -0.4 is 9.82 Å². The number of carbonyl (C=O) groups excluding carboxylic acids is 2. The highest BCUT2D eigenvalue weighted by molar-refractivity contribution is 7.51.